The first-order valence-electron chi connectivity index (χ1n) is 7.90. The van der Waals surface area contributed by atoms with Crippen molar-refractivity contribution in [3.63, 3.8) is 0 Å². The Morgan fingerprint density at radius 3 is 1.83 bits per heavy atom. The fourth-order valence-corrected chi connectivity index (χ4v) is 3.73. The van der Waals surface area contributed by atoms with Crippen molar-refractivity contribution in [3.8, 4) is 11.5 Å². The Bertz CT molecular complexity index is 641. The third kappa shape index (κ3) is 2.39. The number of fused-ring (bicyclic) bond motifs is 6. The summed E-state index contributed by atoms with van der Waals surface area (Å²) in [6.45, 7) is 3.43. The summed E-state index contributed by atoms with van der Waals surface area (Å²) in [4.78, 5) is 22.4. The lowest BCUT2D eigenvalue weighted by molar-refractivity contribution is -0.146. The van der Waals surface area contributed by atoms with Crippen molar-refractivity contribution in [2.45, 2.75) is 26.1 Å². The van der Waals surface area contributed by atoms with Gasteiger partial charge in [0.1, 0.15) is 0 Å². The molecule has 7 nitrogen and oxygen atoms in total. The van der Waals surface area contributed by atoms with Gasteiger partial charge in [0, 0.05) is 25.7 Å². The van der Waals surface area contributed by atoms with E-state index in [0.717, 1.165) is 11.1 Å². The van der Waals surface area contributed by atoms with Crippen LogP contribution in [-0.2, 0) is 23.8 Å². The first kappa shape index (κ1) is 15.3. The van der Waals surface area contributed by atoms with Crippen LogP contribution in [-0.4, -0.2) is 31.9 Å². The Hall–Kier alpha value is -2.28. The zero-order chi connectivity index (χ0) is 16.8. The Labute approximate surface area is 138 Å². The van der Waals surface area contributed by atoms with Gasteiger partial charge in [-0.25, -0.2) is 0 Å². The second-order valence-electron chi connectivity index (χ2n) is 6.24. The fourth-order valence-electron chi connectivity index (χ4n) is 3.73. The van der Waals surface area contributed by atoms with E-state index in [1.165, 1.54) is 13.8 Å². The number of carbonyl (C=O) groups is 2. The molecule has 0 N–H and O–H groups in total. The normalized spacial score (nSPS) is 28.6. The van der Waals surface area contributed by atoms with Crippen LogP contribution in [0.3, 0.4) is 0 Å². The van der Waals surface area contributed by atoms with Crippen LogP contribution < -0.4 is 9.47 Å². The molecule has 0 saturated carbocycles. The summed E-state index contributed by atoms with van der Waals surface area (Å²) in [6, 6.07) is 3.87. The van der Waals surface area contributed by atoms with E-state index in [9.17, 15) is 9.59 Å². The standard InChI is InChI=1S/C17H18O7/c1-8(18)20-5-12-13(6-21-9(2)19)17-11-4-15-14(22-7-23-15)3-10(11)16(12)24-17/h3-4,12-13,16-17H,5-7H2,1-2H3/t12-,13+,16-,17?/m0/s1. The molecule has 1 aromatic rings. The van der Waals surface area contributed by atoms with E-state index in [1.807, 2.05) is 12.1 Å². The van der Waals surface area contributed by atoms with E-state index in [0.29, 0.717) is 11.5 Å². The van der Waals surface area contributed by atoms with E-state index < -0.39 is 0 Å². The lowest BCUT2D eigenvalue weighted by Gasteiger charge is -2.28. The molecule has 0 radical (unpaired) electrons. The van der Waals surface area contributed by atoms with Gasteiger partial charge < -0.3 is 23.7 Å². The second kappa shape index (κ2) is 5.66. The number of esters is 2. The van der Waals surface area contributed by atoms with Crippen LogP contribution in [0.1, 0.15) is 37.2 Å². The number of hydrogen-bond acceptors (Lipinski definition) is 7. The first-order chi connectivity index (χ1) is 11.5. The molecule has 3 aliphatic rings. The van der Waals surface area contributed by atoms with E-state index >= 15 is 0 Å². The van der Waals surface area contributed by atoms with Crippen LogP contribution in [0.15, 0.2) is 12.1 Å². The molecule has 0 aliphatic carbocycles. The van der Waals surface area contributed by atoms with Crippen molar-refractivity contribution >= 4 is 11.9 Å². The number of ether oxygens (including phenoxy) is 5. The molecule has 4 atom stereocenters. The highest BCUT2D eigenvalue weighted by molar-refractivity contribution is 5.66. The van der Waals surface area contributed by atoms with Crippen molar-refractivity contribution in [2.24, 2.45) is 11.8 Å². The maximum Gasteiger partial charge on any atom is 0.302 e. The van der Waals surface area contributed by atoms with Gasteiger partial charge >= 0.3 is 11.9 Å². The van der Waals surface area contributed by atoms with Crippen molar-refractivity contribution in [1.29, 1.82) is 0 Å². The largest absolute Gasteiger partial charge is 0.465 e. The van der Waals surface area contributed by atoms with Crippen molar-refractivity contribution in [3.05, 3.63) is 23.3 Å². The average Bonchev–Trinajstić information content (AvgIpc) is 3.21. The Morgan fingerprint density at radius 1 is 0.958 bits per heavy atom. The molecule has 128 valence electrons. The van der Waals surface area contributed by atoms with Crippen LogP contribution in [0, 0.1) is 11.8 Å². The molecule has 2 bridgehead atoms. The molecule has 24 heavy (non-hydrogen) atoms. The SMILES string of the molecule is CC(=O)OC[C@@H]1[C@H]2OC(c3cc4c(cc32)OCO4)[C@@H]1COC(C)=O. The number of carbonyl (C=O) groups excluding carboxylic acids is 2. The second-order valence-corrected chi connectivity index (χ2v) is 6.24. The summed E-state index contributed by atoms with van der Waals surface area (Å²) in [7, 11) is 0. The smallest absolute Gasteiger partial charge is 0.302 e. The van der Waals surface area contributed by atoms with Gasteiger partial charge in [0.25, 0.3) is 0 Å². The topological polar surface area (TPSA) is 80.3 Å². The van der Waals surface area contributed by atoms with Gasteiger partial charge in [0.05, 0.1) is 25.4 Å². The lowest BCUT2D eigenvalue weighted by Crippen LogP contribution is -2.30. The molecule has 1 fully saturated rings. The highest BCUT2D eigenvalue weighted by Crippen LogP contribution is 2.59. The van der Waals surface area contributed by atoms with Gasteiger partial charge in [0.2, 0.25) is 6.79 Å². The predicted molar refractivity (Wildman–Crippen MR) is 79.4 cm³/mol. The van der Waals surface area contributed by atoms with Crippen LogP contribution >= 0.6 is 0 Å². The quantitative estimate of drug-likeness (QED) is 0.778. The summed E-state index contributed by atoms with van der Waals surface area (Å²) in [5.74, 6) is 0.599. The van der Waals surface area contributed by atoms with Crippen LogP contribution in [0.2, 0.25) is 0 Å². The van der Waals surface area contributed by atoms with Gasteiger partial charge in [-0.15, -0.1) is 0 Å². The first-order valence-corrected chi connectivity index (χ1v) is 7.90. The zero-order valence-corrected chi connectivity index (χ0v) is 13.4. The number of benzene rings is 1. The Morgan fingerprint density at radius 2 is 1.42 bits per heavy atom. The van der Waals surface area contributed by atoms with Gasteiger partial charge in [-0.3, -0.25) is 9.59 Å². The summed E-state index contributed by atoms with van der Waals surface area (Å²) >= 11 is 0. The molecular weight excluding hydrogens is 316 g/mol. The Kier molecular flexibility index (Phi) is 3.60. The monoisotopic (exact) mass is 334 g/mol. The molecule has 3 heterocycles. The van der Waals surface area contributed by atoms with Gasteiger partial charge in [0.15, 0.2) is 11.5 Å². The fraction of sp³-hybridized carbons (Fsp3) is 0.529. The van der Waals surface area contributed by atoms with Crippen LogP contribution in [0.5, 0.6) is 11.5 Å². The maximum atomic E-state index is 11.2. The van der Waals surface area contributed by atoms with E-state index in [1.54, 1.807) is 0 Å². The zero-order valence-electron chi connectivity index (χ0n) is 13.4. The molecule has 1 unspecified atom stereocenters. The van der Waals surface area contributed by atoms with Crippen molar-refractivity contribution in [1.82, 2.24) is 0 Å². The third-order valence-corrected chi connectivity index (χ3v) is 4.77. The number of hydrogen-bond donors (Lipinski definition) is 0. The minimum absolute atomic E-state index is 0.0638. The van der Waals surface area contributed by atoms with E-state index in [-0.39, 0.29) is 56.0 Å². The maximum absolute atomic E-state index is 11.2. The van der Waals surface area contributed by atoms with Gasteiger partial charge in [-0.2, -0.15) is 0 Å². The minimum atomic E-state index is -0.338. The molecule has 0 spiro atoms. The average molecular weight is 334 g/mol. The third-order valence-electron chi connectivity index (χ3n) is 4.77. The number of rotatable bonds is 4. The molecule has 0 amide bonds. The molecule has 1 saturated heterocycles. The molecule has 7 heteroatoms. The highest BCUT2D eigenvalue weighted by atomic mass is 16.7. The van der Waals surface area contributed by atoms with Crippen LogP contribution in [0.25, 0.3) is 0 Å². The summed E-state index contributed by atoms with van der Waals surface area (Å²) < 4.78 is 27.4. The van der Waals surface area contributed by atoms with E-state index in [4.69, 9.17) is 23.7 Å². The molecular formula is C17H18O7. The lowest BCUT2D eigenvalue weighted by atomic mass is 9.76. The van der Waals surface area contributed by atoms with Crippen molar-refractivity contribution in [2.75, 3.05) is 20.0 Å². The van der Waals surface area contributed by atoms with E-state index in [2.05, 4.69) is 0 Å². The molecule has 0 aromatic heterocycles. The highest BCUT2D eigenvalue weighted by Gasteiger charge is 2.53. The predicted octanol–water partition coefficient (Wildman–Crippen LogP) is 1.90. The molecule has 3 aliphatic heterocycles. The molecule has 4 rings (SSSR count). The minimum Gasteiger partial charge on any atom is -0.465 e. The summed E-state index contributed by atoms with van der Waals surface area (Å²) in [6.07, 6.45) is -0.418. The Balaban J connectivity index is 1.64. The summed E-state index contributed by atoms with van der Waals surface area (Å²) in [5, 5.41) is 0. The summed E-state index contributed by atoms with van der Waals surface area (Å²) in [5.41, 5.74) is 2.06. The molecule has 1 aromatic carbocycles. The van der Waals surface area contributed by atoms with Gasteiger partial charge in [-0.05, 0) is 23.3 Å². The van der Waals surface area contributed by atoms with Crippen molar-refractivity contribution < 1.29 is 33.3 Å². The van der Waals surface area contributed by atoms with Gasteiger partial charge in [-0.1, -0.05) is 0 Å². The van der Waals surface area contributed by atoms with Crippen LogP contribution in [0.4, 0.5) is 0 Å².